The Morgan fingerprint density at radius 1 is 1.32 bits per heavy atom. The molecular formula is C15H26N2O2. The zero-order chi connectivity index (χ0) is 14.4. The molecule has 0 aromatic rings. The highest BCUT2D eigenvalue weighted by molar-refractivity contribution is 5.95. The van der Waals surface area contributed by atoms with Gasteiger partial charge in [-0.25, -0.2) is 0 Å². The van der Waals surface area contributed by atoms with Crippen molar-refractivity contribution in [1.29, 1.82) is 0 Å². The summed E-state index contributed by atoms with van der Waals surface area (Å²) in [5.74, 6) is 0.622. The summed E-state index contributed by atoms with van der Waals surface area (Å²) in [4.78, 5) is 26.2. The standard InChI is InChI=1S/C15H26N2O2/c1-10(2)15(6-7-15)9-17-8-11(18)16-12(13(17)19)14(3,4)5/h10,12H,6-9H2,1-5H3,(H,16,18). The lowest BCUT2D eigenvalue weighted by atomic mass is 9.84. The summed E-state index contributed by atoms with van der Waals surface area (Å²) in [6, 6.07) is -0.392. The number of hydrogen-bond acceptors (Lipinski definition) is 2. The molecule has 19 heavy (non-hydrogen) atoms. The van der Waals surface area contributed by atoms with Crippen molar-refractivity contribution in [3.8, 4) is 0 Å². The molecule has 2 amide bonds. The first-order chi connectivity index (χ1) is 8.66. The second kappa shape index (κ2) is 4.50. The van der Waals surface area contributed by atoms with Crippen LogP contribution in [0, 0.1) is 16.7 Å². The van der Waals surface area contributed by atoms with Gasteiger partial charge in [0.25, 0.3) is 0 Å². The van der Waals surface area contributed by atoms with E-state index in [0.29, 0.717) is 5.92 Å². The van der Waals surface area contributed by atoms with E-state index in [4.69, 9.17) is 0 Å². The largest absolute Gasteiger partial charge is 0.342 e. The number of carbonyl (C=O) groups excluding carboxylic acids is 2. The molecule has 1 aliphatic carbocycles. The number of amides is 2. The minimum absolute atomic E-state index is 0.0286. The van der Waals surface area contributed by atoms with E-state index in [1.54, 1.807) is 4.90 Å². The average molecular weight is 266 g/mol. The highest BCUT2D eigenvalue weighted by atomic mass is 16.2. The molecule has 2 rings (SSSR count). The molecular weight excluding hydrogens is 240 g/mol. The van der Waals surface area contributed by atoms with Crippen molar-refractivity contribution in [1.82, 2.24) is 10.2 Å². The van der Waals surface area contributed by atoms with Crippen LogP contribution in [-0.2, 0) is 9.59 Å². The maximum Gasteiger partial charge on any atom is 0.246 e. The third kappa shape index (κ3) is 2.77. The third-order valence-electron chi connectivity index (χ3n) is 4.69. The Kier molecular flexibility index (Phi) is 3.40. The van der Waals surface area contributed by atoms with Crippen LogP contribution in [0.15, 0.2) is 0 Å². The number of nitrogens with one attached hydrogen (secondary N) is 1. The Balaban J connectivity index is 2.12. The summed E-state index contributed by atoms with van der Waals surface area (Å²) in [5.41, 5.74) is 0.0235. The van der Waals surface area contributed by atoms with Crippen LogP contribution in [0.25, 0.3) is 0 Å². The molecule has 1 heterocycles. The predicted molar refractivity (Wildman–Crippen MR) is 74.5 cm³/mol. The van der Waals surface area contributed by atoms with Crippen molar-refractivity contribution < 1.29 is 9.59 Å². The van der Waals surface area contributed by atoms with Gasteiger partial charge in [-0.2, -0.15) is 0 Å². The lowest BCUT2D eigenvalue weighted by molar-refractivity contribution is -0.148. The smallest absolute Gasteiger partial charge is 0.246 e. The molecule has 1 N–H and O–H groups in total. The first kappa shape index (κ1) is 14.4. The molecule has 0 aromatic carbocycles. The van der Waals surface area contributed by atoms with Crippen LogP contribution in [-0.4, -0.2) is 35.8 Å². The minimum atomic E-state index is -0.392. The normalized spacial score (nSPS) is 26.6. The van der Waals surface area contributed by atoms with Crippen LogP contribution >= 0.6 is 0 Å². The van der Waals surface area contributed by atoms with Crippen LogP contribution in [0.1, 0.15) is 47.5 Å². The molecule has 1 saturated heterocycles. The molecule has 0 aromatic heterocycles. The van der Waals surface area contributed by atoms with E-state index in [1.165, 1.54) is 12.8 Å². The molecule has 2 fully saturated rings. The van der Waals surface area contributed by atoms with E-state index in [0.717, 1.165) is 6.54 Å². The third-order valence-corrected chi connectivity index (χ3v) is 4.69. The Bertz CT molecular complexity index is 391. The maximum absolute atomic E-state index is 12.6. The average Bonchev–Trinajstić information content (AvgIpc) is 3.02. The summed E-state index contributed by atoms with van der Waals surface area (Å²) in [6.07, 6.45) is 2.35. The highest BCUT2D eigenvalue weighted by Crippen LogP contribution is 2.52. The van der Waals surface area contributed by atoms with Crippen LogP contribution < -0.4 is 5.32 Å². The Labute approximate surface area is 115 Å². The monoisotopic (exact) mass is 266 g/mol. The van der Waals surface area contributed by atoms with Gasteiger partial charge in [-0.15, -0.1) is 0 Å². The predicted octanol–water partition coefficient (Wildman–Crippen LogP) is 1.80. The molecule has 0 bridgehead atoms. The minimum Gasteiger partial charge on any atom is -0.342 e. The molecule has 1 atom stereocenters. The summed E-state index contributed by atoms with van der Waals surface area (Å²) in [6.45, 7) is 11.4. The zero-order valence-corrected chi connectivity index (χ0v) is 12.7. The van der Waals surface area contributed by atoms with Gasteiger partial charge in [0.05, 0.1) is 6.54 Å². The first-order valence-electron chi connectivity index (χ1n) is 7.24. The summed E-state index contributed by atoms with van der Waals surface area (Å²) < 4.78 is 0. The molecule has 0 spiro atoms. The molecule has 0 radical (unpaired) electrons. The fraction of sp³-hybridized carbons (Fsp3) is 0.867. The number of hydrogen-bond donors (Lipinski definition) is 1. The van der Waals surface area contributed by atoms with Crippen molar-refractivity contribution in [2.24, 2.45) is 16.7 Å². The lowest BCUT2D eigenvalue weighted by Gasteiger charge is -2.40. The maximum atomic E-state index is 12.6. The molecule has 1 unspecified atom stereocenters. The molecule has 2 aliphatic rings. The van der Waals surface area contributed by atoms with Gasteiger partial charge in [0.2, 0.25) is 11.8 Å². The molecule has 4 nitrogen and oxygen atoms in total. The quantitative estimate of drug-likeness (QED) is 0.846. The number of carbonyl (C=O) groups is 2. The van der Waals surface area contributed by atoms with E-state index in [1.807, 2.05) is 20.8 Å². The first-order valence-corrected chi connectivity index (χ1v) is 7.24. The second-order valence-corrected chi connectivity index (χ2v) is 7.58. The van der Waals surface area contributed by atoms with Crippen LogP contribution in [0.5, 0.6) is 0 Å². The van der Waals surface area contributed by atoms with E-state index in [9.17, 15) is 9.59 Å². The van der Waals surface area contributed by atoms with Gasteiger partial charge in [0.15, 0.2) is 0 Å². The van der Waals surface area contributed by atoms with Gasteiger partial charge in [0, 0.05) is 6.54 Å². The van der Waals surface area contributed by atoms with Crippen molar-refractivity contribution in [3.63, 3.8) is 0 Å². The van der Waals surface area contributed by atoms with Crippen molar-refractivity contribution >= 4 is 11.8 Å². The second-order valence-electron chi connectivity index (χ2n) is 7.58. The molecule has 1 saturated carbocycles. The SMILES string of the molecule is CC(C)C1(CN2CC(=O)NC(C(C)(C)C)C2=O)CC1. The fourth-order valence-electron chi connectivity index (χ4n) is 2.88. The van der Waals surface area contributed by atoms with Gasteiger partial charge in [0.1, 0.15) is 6.04 Å². The van der Waals surface area contributed by atoms with E-state index in [-0.39, 0.29) is 29.2 Å². The van der Waals surface area contributed by atoms with Gasteiger partial charge in [-0.05, 0) is 29.6 Å². The Hall–Kier alpha value is -1.06. The van der Waals surface area contributed by atoms with Crippen LogP contribution in [0.4, 0.5) is 0 Å². The fourth-order valence-corrected chi connectivity index (χ4v) is 2.88. The van der Waals surface area contributed by atoms with E-state index < -0.39 is 6.04 Å². The van der Waals surface area contributed by atoms with Crippen molar-refractivity contribution in [3.05, 3.63) is 0 Å². The van der Waals surface area contributed by atoms with E-state index >= 15 is 0 Å². The molecule has 108 valence electrons. The van der Waals surface area contributed by atoms with Crippen molar-refractivity contribution in [2.75, 3.05) is 13.1 Å². The van der Waals surface area contributed by atoms with Gasteiger partial charge >= 0.3 is 0 Å². The van der Waals surface area contributed by atoms with Gasteiger partial charge < -0.3 is 10.2 Å². The van der Waals surface area contributed by atoms with Crippen molar-refractivity contribution in [2.45, 2.75) is 53.5 Å². The number of nitrogens with zero attached hydrogens (tertiary/aromatic N) is 1. The van der Waals surface area contributed by atoms with E-state index in [2.05, 4.69) is 19.2 Å². The summed E-state index contributed by atoms with van der Waals surface area (Å²) in [5, 5.41) is 2.84. The Morgan fingerprint density at radius 2 is 1.89 bits per heavy atom. The number of piperazine rings is 1. The zero-order valence-electron chi connectivity index (χ0n) is 12.7. The van der Waals surface area contributed by atoms with Crippen LogP contribution in [0.3, 0.4) is 0 Å². The van der Waals surface area contributed by atoms with Gasteiger partial charge in [-0.1, -0.05) is 34.6 Å². The lowest BCUT2D eigenvalue weighted by Crippen LogP contribution is -2.63. The Morgan fingerprint density at radius 3 is 2.32 bits per heavy atom. The highest BCUT2D eigenvalue weighted by Gasteiger charge is 2.49. The molecule has 4 heteroatoms. The topological polar surface area (TPSA) is 49.4 Å². The molecule has 1 aliphatic heterocycles. The summed E-state index contributed by atoms with van der Waals surface area (Å²) in [7, 11) is 0. The van der Waals surface area contributed by atoms with Gasteiger partial charge in [-0.3, -0.25) is 9.59 Å². The summed E-state index contributed by atoms with van der Waals surface area (Å²) >= 11 is 0. The number of rotatable bonds is 3. The van der Waals surface area contributed by atoms with Crippen LogP contribution in [0.2, 0.25) is 0 Å².